The van der Waals surface area contributed by atoms with Gasteiger partial charge in [0.1, 0.15) is 0 Å². The van der Waals surface area contributed by atoms with E-state index in [1.807, 2.05) is 6.20 Å². The third kappa shape index (κ3) is 2.46. The van der Waals surface area contributed by atoms with Crippen molar-refractivity contribution in [2.75, 3.05) is 0 Å². The summed E-state index contributed by atoms with van der Waals surface area (Å²) in [6.45, 7) is 13.4. The number of hydrogen-bond donors (Lipinski definition) is 1. The number of benzene rings is 3. The van der Waals surface area contributed by atoms with E-state index < -0.39 is 5.41 Å². The zero-order valence-corrected chi connectivity index (χ0v) is 20.2. The molecule has 6 rings (SSSR count). The number of aromatic nitrogens is 1. The zero-order chi connectivity index (χ0) is 23.8. The second-order valence-corrected chi connectivity index (χ2v) is 10.5. The lowest BCUT2D eigenvalue weighted by Crippen LogP contribution is -2.34. The summed E-state index contributed by atoms with van der Waals surface area (Å²) in [6, 6.07) is 24.4. The molecule has 2 nitrogen and oxygen atoms in total. The number of nitrogens with one attached hydrogen (secondary N) is 1. The molecule has 0 atom stereocenters. The van der Waals surface area contributed by atoms with Crippen molar-refractivity contribution >= 4 is 22.6 Å². The van der Waals surface area contributed by atoms with E-state index in [1.165, 1.54) is 50.4 Å². The highest BCUT2D eigenvalue weighted by molar-refractivity contribution is 6.07. The van der Waals surface area contributed by atoms with Crippen LogP contribution in [0.15, 0.2) is 90.7 Å². The number of allylic oxidation sites excluding steroid dienone is 3. The van der Waals surface area contributed by atoms with Gasteiger partial charge in [0.15, 0.2) is 0 Å². The summed E-state index contributed by atoms with van der Waals surface area (Å²) in [6.07, 6.45) is 3.32. The fraction of sp³-hybridized carbons (Fsp3) is 0.188. The predicted octanol–water partition coefficient (Wildman–Crippen LogP) is 7.84. The Morgan fingerprint density at radius 3 is 2.12 bits per heavy atom. The summed E-state index contributed by atoms with van der Waals surface area (Å²) in [4.78, 5) is 4.87. The highest BCUT2D eigenvalue weighted by Crippen LogP contribution is 2.62. The van der Waals surface area contributed by atoms with Crippen molar-refractivity contribution in [1.82, 2.24) is 4.98 Å². The summed E-state index contributed by atoms with van der Waals surface area (Å²) in [5.74, 6) is 0. The van der Waals surface area contributed by atoms with Crippen molar-refractivity contribution in [2.45, 2.75) is 38.5 Å². The van der Waals surface area contributed by atoms with Gasteiger partial charge >= 0.3 is 0 Å². The first kappa shape index (κ1) is 20.8. The molecule has 1 aromatic heterocycles. The SMILES string of the molecule is C=C(C=N)C1=C(C)c2nccc3cc(C(C)(C)C)cc(c23)C12c1ccccc1-c1ccccc12. The summed E-state index contributed by atoms with van der Waals surface area (Å²) in [5, 5.41) is 10.7. The van der Waals surface area contributed by atoms with Crippen LogP contribution in [0, 0.1) is 5.41 Å². The minimum absolute atomic E-state index is 0.0120. The molecule has 3 aromatic carbocycles. The van der Waals surface area contributed by atoms with Crippen LogP contribution in [-0.4, -0.2) is 11.2 Å². The third-order valence-corrected chi connectivity index (χ3v) is 7.69. The van der Waals surface area contributed by atoms with Crippen molar-refractivity contribution in [1.29, 1.82) is 5.41 Å². The van der Waals surface area contributed by atoms with Gasteiger partial charge < -0.3 is 5.41 Å². The summed E-state index contributed by atoms with van der Waals surface area (Å²) < 4.78 is 0. The molecule has 0 unspecified atom stereocenters. The molecule has 34 heavy (non-hydrogen) atoms. The Hall–Kier alpha value is -3.78. The molecule has 0 bridgehead atoms. The monoisotopic (exact) mass is 440 g/mol. The quantitative estimate of drug-likeness (QED) is 0.317. The van der Waals surface area contributed by atoms with Crippen LogP contribution in [0.3, 0.4) is 0 Å². The average Bonchev–Trinajstić information content (AvgIpc) is 3.12. The molecule has 2 heteroatoms. The van der Waals surface area contributed by atoms with Gasteiger partial charge in [0.25, 0.3) is 0 Å². The van der Waals surface area contributed by atoms with Crippen LogP contribution in [0.1, 0.15) is 55.6 Å². The van der Waals surface area contributed by atoms with Crippen molar-refractivity contribution < 1.29 is 0 Å². The lowest BCUT2D eigenvalue weighted by molar-refractivity contribution is 0.588. The molecule has 0 aliphatic heterocycles. The molecule has 0 saturated heterocycles. The Balaban J connectivity index is 1.92. The van der Waals surface area contributed by atoms with Crippen LogP contribution in [0.25, 0.3) is 27.5 Å². The Kier molecular flexibility index (Phi) is 4.20. The number of pyridine rings is 1. The Bertz CT molecular complexity index is 1530. The van der Waals surface area contributed by atoms with Gasteiger partial charge in [-0.2, -0.15) is 0 Å². The topological polar surface area (TPSA) is 36.7 Å². The molecular weight excluding hydrogens is 412 g/mol. The van der Waals surface area contributed by atoms with Crippen LogP contribution in [0.4, 0.5) is 0 Å². The molecular formula is C32H28N2. The number of hydrogen-bond acceptors (Lipinski definition) is 2. The van der Waals surface area contributed by atoms with Crippen LogP contribution in [0.5, 0.6) is 0 Å². The van der Waals surface area contributed by atoms with Gasteiger partial charge in [-0.3, -0.25) is 4.98 Å². The minimum Gasteiger partial charge on any atom is -0.308 e. The van der Waals surface area contributed by atoms with Gasteiger partial charge in [-0.15, -0.1) is 0 Å². The second kappa shape index (κ2) is 6.87. The van der Waals surface area contributed by atoms with Crippen molar-refractivity contribution in [3.63, 3.8) is 0 Å². The smallest absolute Gasteiger partial charge is 0.0744 e. The summed E-state index contributed by atoms with van der Waals surface area (Å²) in [5.41, 5.74) is 10.9. The maximum atomic E-state index is 8.24. The van der Waals surface area contributed by atoms with Gasteiger partial charge in [0.05, 0.1) is 11.1 Å². The average molecular weight is 441 g/mol. The van der Waals surface area contributed by atoms with Crippen LogP contribution >= 0.6 is 0 Å². The molecule has 1 spiro atoms. The van der Waals surface area contributed by atoms with Crippen molar-refractivity contribution in [3.05, 3.63) is 119 Å². The van der Waals surface area contributed by atoms with E-state index in [0.717, 1.165) is 22.4 Å². The van der Waals surface area contributed by atoms with E-state index in [0.29, 0.717) is 0 Å². The van der Waals surface area contributed by atoms with Gasteiger partial charge in [-0.1, -0.05) is 88.0 Å². The molecule has 0 amide bonds. The largest absolute Gasteiger partial charge is 0.308 e. The zero-order valence-electron chi connectivity index (χ0n) is 20.2. The highest BCUT2D eigenvalue weighted by atomic mass is 14.7. The first-order valence-corrected chi connectivity index (χ1v) is 11.8. The molecule has 0 fully saturated rings. The number of nitrogens with zero attached hydrogens (tertiary/aromatic N) is 1. The molecule has 2 aliphatic carbocycles. The maximum Gasteiger partial charge on any atom is 0.0744 e. The molecule has 1 N–H and O–H groups in total. The summed E-state index contributed by atoms with van der Waals surface area (Å²) in [7, 11) is 0. The second-order valence-electron chi connectivity index (χ2n) is 10.5. The van der Waals surface area contributed by atoms with E-state index in [4.69, 9.17) is 10.4 Å². The number of rotatable bonds is 2. The van der Waals surface area contributed by atoms with Gasteiger partial charge in [-0.05, 0) is 73.9 Å². The lowest BCUT2D eigenvalue weighted by atomic mass is 9.60. The van der Waals surface area contributed by atoms with E-state index in [1.54, 1.807) is 0 Å². The fourth-order valence-corrected chi connectivity index (χ4v) is 6.21. The van der Waals surface area contributed by atoms with Crippen LogP contribution < -0.4 is 0 Å². The molecule has 1 heterocycles. The molecule has 4 aromatic rings. The Morgan fingerprint density at radius 1 is 0.912 bits per heavy atom. The van der Waals surface area contributed by atoms with E-state index in [-0.39, 0.29) is 5.41 Å². The van der Waals surface area contributed by atoms with Crippen LogP contribution in [0.2, 0.25) is 0 Å². The molecule has 0 saturated carbocycles. The van der Waals surface area contributed by atoms with E-state index in [2.05, 4.69) is 101 Å². The fourth-order valence-electron chi connectivity index (χ4n) is 6.21. The van der Waals surface area contributed by atoms with E-state index >= 15 is 0 Å². The van der Waals surface area contributed by atoms with Crippen molar-refractivity contribution in [3.8, 4) is 11.1 Å². The third-order valence-electron chi connectivity index (χ3n) is 7.69. The molecule has 0 radical (unpaired) electrons. The standard InChI is InChI=1S/C32H28N2/c1-19(18-33)29-20(2)30-28-21(14-15-34-30)16-22(31(3,4)5)17-27(28)32(29)25-12-8-6-10-23(25)24-11-7-9-13-26(24)32/h6-18,33H,1H2,2-5H3. The van der Waals surface area contributed by atoms with Gasteiger partial charge in [0.2, 0.25) is 0 Å². The first-order valence-electron chi connectivity index (χ1n) is 11.8. The van der Waals surface area contributed by atoms with Gasteiger partial charge in [0, 0.05) is 17.8 Å². The molecule has 2 aliphatic rings. The number of fused-ring (bicyclic) bond motifs is 6. The Morgan fingerprint density at radius 2 is 1.53 bits per heavy atom. The minimum atomic E-state index is -0.540. The normalized spacial score (nSPS) is 15.4. The summed E-state index contributed by atoms with van der Waals surface area (Å²) >= 11 is 0. The van der Waals surface area contributed by atoms with Gasteiger partial charge in [-0.25, -0.2) is 0 Å². The molecule has 166 valence electrons. The Labute approximate surface area is 201 Å². The van der Waals surface area contributed by atoms with Crippen molar-refractivity contribution in [2.24, 2.45) is 0 Å². The maximum absolute atomic E-state index is 8.24. The predicted molar refractivity (Wildman–Crippen MR) is 143 cm³/mol. The van der Waals surface area contributed by atoms with E-state index in [9.17, 15) is 0 Å². The highest BCUT2D eigenvalue weighted by Gasteiger charge is 2.51. The van der Waals surface area contributed by atoms with Crippen LogP contribution in [-0.2, 0) is 10.8 Å². The first-order chi connectivity index (χ1) is 16.3. The lowest BCUT2D eigenvalue weighted by Gasteiger charge is -2.42.